The van der Waals surface area contributed by atoms with E-state index in [1.165, 1.54) is 19.3 Å². The Labute approximate surface area is 125 Å². The maximum Gasteiger partial charge on any atom is 0.128 e. The number of halogens is 1. The predicted octanol–water partition coefficient (Wildman–Crippen LogP) is 3.16. The number of nitrogens with one attached hydrogen (secondary N) is 1. The van der Waals surface area contributed by atoms with Crippen LogP contribution in [0.2, 0.25) is 0 Å². The Balaban J connectivity index is 1.47. The smallest absolute Gasteiger partial charge is 0.128 e. The molecule has 2 aliphatic rings. The summed E-state index contributed by atoms with van der Waals surface area (Å²) in [5, 5.41) is 3.44. The van der Waals surface area contributed by atoms with Gasteiger partial charge in [-0.05, 0) is 49.8 Å². The fourth-order valence-corrected chi connectivity index (χ4v) is 2.64. The van der Waals surface area contributed by atoms with E-state index in [9.17, 15) is 4.39 Å². The van der Waals surface area contributed by atoms with Crippen LogP contribution >= 0.6 is 0 Å². The third-order valence-electron chi connectivity index (χ3n) is 4.12. The molecule has 0 spiro atoms. The molecule has 1 saturated carbocycles. The number of benzene rings is 1. The summed E-state index contributed by atoms with van der Waals surface area (Å²) in [5.41, 5.74) is 1.76. The summed E-state index contributed by atoms with van der Waals surface area (Å²) in [6, 6.07) is 5.96. The van der Waals surface area contributed by atoms with Gasteiger partial charge in [-0.2, -0.15) is 0 Å². The van der Waals surface area contributed by atoms with E-state index < -0.39 is 0 Å². The minimum atomic E-state index is -0.185. The van der Waals surface area contributed by atoms with Gasteiger partial charge in [0.2, 0.25) is 0 Å². The molecule has 1 saturated heterocycles. The Morgan fingerprint density at radius 1 is 1.24 bits per heavy atom. The van der Waals surface area contributed by atoms with Crippen LogP contribution in [0.5, 0.6) is 0 Å². The molecule has 3 nitrogen and oxygen atoms in total. The third-order valence-corrected chi connectivity index (χ3v) is 4.12. The highest BCUT2D eigenvalue weighted by Crippen LogP contribution is 2.20. The van der Waals surface area contributed by atoms with Crippen LogP contribution in [0, 0.1) is 5.82 Å². The largest absolute Gasteiger partial charge is 0.376 e. The molecule has 0 bridgehead atoms. The van der Waals surface area contributed by atoms with Gasteiger partial charge in [0.15, 0.2) is 0 Å². The first kappa shape index (κ1) is 14.9. The number of rotatable bonds is 7. The predicted molar refractivity (Wildman–Crippen MR) is 79.5 cm³/mol. The fourth-order valence-electron chi connectivity index (χ4n) is 2.64. The van der Waals surface area contributed by atoms with Crippen LogP contribution < -0.4 is 5.32 Å². The molecule has 3 rings (SSSR count). The van der Waals surface area contributed by atoms with Gasteiger partial charge < -0.3 is 14.8 Å². The number of hydrogen-bond donors (Lipinski definition) is 1. The van der Waals surface area contributed by atoms with E-state index in [4.69, 9.17) is 9.47 Å². The van der Waals surface area contributed by atoms with Gasteiger partial charge in [0.05, 0.1) is 19.3 Å². The molecular weight excluding hydrogens is 269 g/mol. The van der Waals surface area contributed by atoms with E-state index in [1.54, 1.807) is 6.07 Å². The van der Waals surface area contributed by atoms with E-state index in [1.807, 2.05) is 12.1 Å². The molecule has 0 amide bonds. The van der Waals surface area contributed by atoms with Gasteiger partial charge in [0.25, 0.3) is 0 Å². The lowest BCUT2D eigenvalue weighted by Gasteiger charge is -2.22. The molecule has 1 aromatic rings. The highest BCUT2D eigenvalue weighted by Gasteiger charge is 2.20. The minimum absolute atomic E-state index is 0.182. The number of hydrogen-bond acceptors (Lipinski definition) is 3. The average Bonchev–Trinajstić information content (AvgIpc) is 3.33. The van der Waals surface area contributed by atoms with Crippen molar-refractivity contribution >= 4 is 0 Å². The monoisotopic (exact) mass is 293 g/mol. The molecular formula is C17H24FNO2. The molecule has 1 aromatic carbocycles. The third kappa shape index (κ3) is 4.77. The highest BCUT2D eigenvalue weighted by atomic mass is 19.1. The second-order valence-corrected chi connectivity index (χ2v) is 6.08. The zero-order valence-electron chi connectivity index (χ0n) is 12.4. The molecule has 1 aliphatic carbocycles. The zero-order valence-corrected chi connectivity index (χ0v) is 12.4. The summed E-state index contributed by atoms with van der Waals surface area (Å²) < 4.78 is 25.1. The Bertz CT molecular complexity index is 456. The fraction of sp³-hybridized carbons (Fsp3) is 0.647. The lowest BCUT2D eigenvalue weighted by Crippen LogP contribution is -2.24. The van der Waals surface area contributed by atoms with E-state index in [0.29, 0.717) is 24.8 Å². The lowest BCUT2D eigenvalue weighted by atomic mass is 10.1. The van der Waals surface area contributed by atoms with Crippen molar-refractivity contribution in [2.45, 2.75) is 57.4 Å². The van der Waals surface area contributed by atoms with Crippen molar-refractivity contribution in [2.75, 3.05) is 13.2 Å². The molecule has 0 aromatic heterocycles. The average molecular weight is 293 g/mol. The van der Waals surface area contributed by atoms with E-state index in [0.717, 1.165) is 31.6 Å². The SMILES string of the molecule is Fc1ccc(CNC2CC2)cc1COCC1CCCCO1. The van der Waals surface area contributed by atoms with Crippen molar-refractivity contribution in [3.8, 4) is 0 Å². The van der Waals surface area contributed by atoms with E-state index in [-0.39, 0.29) is 11.9 Å². The summed E-state index contributed by atoms with van der Waals surface area (Å²) in [6.07, 6.45) is 6.10. The van der Waals surface area contributed by atoms with Crippen LogP contribution in [0.15, 0.2) is 18.2 Å². The second kappa shape index (κ2) is 7.34. The first-order valence-electron chi connectivity index (χ1n) is 8.01. The number of ether oxygens (including phenoxy) is 2. The van der Waals surface area contributed by atoms with Crippen LogP contribution in [-0.2, 0) is 22.6 Å². The van der Waals surface area contributed by atoms with Crippen molar-refractivity contribution in [3.63, 3.8) is 0 Å². The molecule has 4 heteroatoms. The summed E-state index contributed by atoms with van der Waals surface area (Å²) in [7, 11) is 0. The maximum absolute atomic E-state index is 13.8. The van der Waals surface area contributed by atoms with Crippen molar-refractivity contribution in [2.24, 2.45) is 0 Å². The topological polar surface area (TPSA) is 30.5 Å². The van der Waals surface area contributed by atoms with Crippen molar-refractivity contribution in [1.82, 2.24) is 5.32 Å². The van der Waals surface area contributed by atoms with Gasteiger partial charge in [0.1, 0.15) is 5.82 Å². The summed E-state index contributed by atoms with van der Waals surface area (Å²) in [4.78, 5) is 0. The van der Waals surface area contributed by atoms with Gasteiger partial charge in [-0.3, -0.25) is 0 Å². The van der Waals surface area contributed by atoms with Crippen LogP contribution in [0.1, 0.15) is 43.2 Å². The highest BCUT2D eigenvalue weighted by molar-refractivity contribution is 5.24. The standard InChI is InChI=1S/C17H24FNO2/c18-17-7-4-13(10-19-15-5-6-15)9-14(17)11-20-12-16-3-1-2-8-21-16/h4,7,9,15-16,19H,1-3,5-6,8,10-12H2. The Morgan fingerprint density at radius 3 is 2.90 bits per heavy atom. The van der Waals surface area contributed by atoms with Crippen molar-refractivity contribution in [1.29, 1.82) is 0 Å². The van der Waals surface area contributed by atoms with Crippen LogP contribution in [-0.4, -0.2) is 25.4 Å². The first-order chi connectivity index (χ1) is 10.3. The first-order valence-corrected chi connectivity index (χ1v) is 8.01. The van der Waals surface area contributed by atoms with Crippen molar-refractivity contribution in [3.05, 3.63) is 35.1 Å². The van der Waals surface area contributed by atoms with Crippen LogP contribution in [0.25, 0.3) is 0 Å². The molecule has 2 fully saturated rings. The quantitative estimate of drug-likeness (QED) is 0.837. The van der Waals surface area contributed by atoms with Gasteiger partial charge in [0, 0.05) is 24.8 Å². The van der Waals surface area contributed by atoms with E-state index in [2.05, 4.69) is 5.32 Å². The van der Waals surface area contributed by atoms with Crippen LogP contribution in [0.3, 0.4) is 0 Å². The minimum Gasteiger partial charge on any atom is -0.376 e. The van der Waals surface area contributed by atoms with Crippen molar-refractivity contribution < 1.29 is 13.9 Å². The Hall–Kier alpha value is -0.970. The zero-order chi connectivity index (χ0) is 14.5. The molecule has 1 aliphatic heterocycles. The van der Waals surface area contributed by atoms with Gasteiger partial charge in [-0.1, -0.05) is 6.07 Å². The maximum atomic E-state index is 13.8. The van der Waals surface area contributed by atoms with E-state index >= 15 is 0 Å². The molecule has 1 unspecified atom stereocenters. The lowest BCUT2D eigenvalue weighted by molar-refractivity contribution is -0.0451. The summed E-state index contributed by atoms with van der Waals surface area (Å²) >= 11 is 0. The van der Waals surface area contributed by atoms with Gasteiger partial charge in [-0.15, -0.1) is 0 Å². The molecule has 1 N–H and O–H groups in total. The molecule has 1 atom stereocenters. The molecule has 116 valence electrons. The Morgan fingerprint density at radius 2 is 2.14 bits per heavy atom. The summed E-state index contributed by atoms with van der Waals surface area (Å²) in [5.74, 6) is -0.185. The molecule has 1 heterocycles. The van der Waals surface area contributed by atoms with Gasteiger partial charge in [-0.25, -0.2) is 4.39 Å². The van der Waals surface area contributed by atoms with Crippen LogP contribution in [0.4, 0.5) is 4.39 Å². The second-order valence-electron chi connectivity index (χ2n) is 6.08. The molecule has 0 radical (unpaired) electrons. The Kier molecular flexibility index (Phi) is 5.22. The summed E-state index contributed by atoms with van der Waals surface area (Å²) in [6.45, 7) is 2.52. The normalized spacial score (nSPS) is 22.4. The molecule has 21 heavy (non-hydrogen) atoms. The van der Waals surface area contributed by atoms with Gasteiger partial charge >= 0.3 is 0 Å².